The Balaban J connectivity index is 1.63. The first kappa shape index (κ1) is 17.5. The summed E-state index contributed by atoms with van der Waals surface area (Å²) >= 11 is 0. The van der Waals surface area contributed by atoms with Crippen molar-refractivity contribution in [3.63, 3.8) is 0 Å². The molecule has 22 heavy (non-hydrogen) atoms. The topological polar surface area (TPSA) is 67.8 Å². The number of urea groups is 1. The summed E-state index contributed by atoms with van der Waals surface area (Å²) in [6, 6.07) is -0.0509. The van der Waals surface area contributed by atoms with Gasteiger partial charge in [0, 0.05) is 45.3 Å². The van der Waals surface area contributed by atoms with Crippen LogP contribution in [0.15, 0.2) is 0 Å². The molecule has 0 bridgehead atoms. The van der Waals surface area contributed by atoms with Crippen LogP contribution in [0.2, 0.25) is 0 Å². The number of carbonyl (C=O) groups excluding carboxylic acids is 1. The fourth-order valence-corrected chi connectivity index (χ4v) is 3.37. The predicted molar refractivity (Wildman–Crippen MR) is 88.0 cm³/mol. The molecule has 1 unspecified atom stereocenters. The van der Waals surface area contributed by atoms with Gasteiger partial charge in [0.15, 0.2) is 0 Å². The molecule has 1 saturated heterocycles. The van der Waals surface area contributed by atoms with E-state index in [0.29, 0.717) is 6.54 Å². The highest BCUT2D eigenvalue weighted by molar-refractivity contribution is 5.74. The van der Waals surface area contributed by atoms with E-state index in [1.165, 1.54) is 6.42 Å². The first-order valence-electron chi connectivity index (χ1n) is 8.64. The molecular weight excluding hydrogens is 280 g/mol. The smallest absolute Gasteiger partial charge is 0.315 e. The van der Waals surface area contributed by atoms with Gasteiger partial charge in [0.1, 0.15) is 0 Å². The Hall–Kier alpha value is -0.850. The molecule has 0 aromatic rings. The normalized spacial score (nSPS) is 24.7. The van der Waals surface area contributed by atoms with Gasteiger partial charge in [-0.1, -0.05) is 19.3 Å². The van der Waals surface area contributed by atoms with Crippen molar-refractivity contribution in [1.29, 1.82) is 0 Å². The zero-order chi connectivity index (χ0) is 16.0. The molecule has 1 saturated carbocycles. The molecule has 128 valence electrons. The van der Waals surface area contributed by atoms with Crippen LogP contribution in [0.3, 0.4) is 0 Å². The molecule has 0 spiro atoms. The number of carbonyl (C=O) groups is 1. The highest BCUT2D eigenvalue weighted by atomic mass is 16.3. The minimum absolute atomic E-state index is 0.115. The monoisotopic (exact) mass is 312 g/mol. The molecule has 2 rings (SSSR count). The molecule has 6 heteroatoms. The van der Waals surface area contributed by atoms with Crippen molar-refractivity contribution in [3.05, 3.63) is 0 Å². The van der Waals surface area contributed by atoms with E-state index in [1.54, 1.807) is 0 Å². The van der Waals surface area contributed by atoms with Crippen LogP contribution in [0, 0.1) is 0 Å². The average molecular weight is 312 g/mol. The lowest BCUT2D eigenvalue weighted by molar-refractivity contribution is 0.00710. The standard InChI is InChI=1S/C16H32N4O2/c1-14(12-20-10-8-19(2)9-11-20)18-15(21)17-13-16(22)6-4-3-5-7-16/h14,22H,3-13H2,1-2H3,(H2,17,18,21). The van der Waals surface area contributed by atoms with Gasteiger partial charge in [-0.2, -0.15) is 0 Å². The largest absolute Gasteiger partial charge is 0.388 e. The highest BCUT2D eigenvalue weighted by Gasteiger charge is 2.29. The highest BCUT2D eigenvalue weighted by Crippen LogP contribution is 2.27. The number of nitrogens with one attached hydrogen (secondary N) is 2. The van der Waals surface area contributed by atoms with Crippen LogP contribution in [-0.2, 0) is 0 Å². The molecule has 0 aromatic carbocycles. The van der Waals surface area contributed by atoms with Crippen molar-refractivity contribution in [2.45, 2.75) is 50.7 Å². The Kier molecular flexibility index (Phi) is 6.47. The number of amides is 2. The lowest BCUT2D eigenvalue weighted by atomic mass is 9.85. The van der Waals surface area contributed by atoms with E-state index in [9.17, 15) is 9.90 Å². The molecular formula is C16H32N4O2. The van der Waals surface area contributed by atoms with E-state index in [1.807, 2.05) is 6.92 Å². The minimum atomic E-state index is -0.698. The van der Waals surface area contributed by atoms with Crippen molar-refractivity contribution >= 4 is 6.03 Å². The van der Waals surface area contributed by atoms with Crippen molar-refractivity contribution in [2.75, 3.05) is 46.3 Å². The summed E-state index contributed by atoms with van der Waals surface area (Å²) in [5.74, 6) is 0. The second-order valence-corrected chi connectivity index (χ2v) is 7.12. The first-order valence-corrected chi connectivity index (χ1v) is 8.64. The van der Waals surface area contributed by atoms with Crippen LogP contribution >= 0.6 is 0 Å². The second kappa shape index (κ2) is 8.13. The van der Waals surface area contributed by atoms with Crippen molar-refractivity contribution in [1.82, 2.24) is 20.4 Å². The number of nitrogens with zero attached hydrogens (tertiary/aromatic N) is 2. The van der Waals surface area contributed by atoms with Gasteiger partial charge in [-0.05, 0) is 26.8 Å². The van der Waals surface area contributed by atoms with Crippen molar-refractivity contribution < 1.29 is 9.90 Å². The Bertz CT molecular complexity index is 350. The predicted octanol–water partition coefficient (Wildman–Crippen LogP) is 0.617. The third kappa shape index (κ3) is 5.74. The lowest BCUT2D eigenvalue weighted by Crippen LogP contribution is -2.53. The molecule has 2 aliphatic rings. The summed E-state index contributed by atoms with van der Waals surface area (Å²) in [6.45, 7) is 7.57. The van der Waals surface area contributed by atoms with E-state index in [-0.39, 0.29) is 12.1 Å². The van der Waals surface area contributed by atoms with Crippen molar-refractivity contribution in [2.24, 2.45) is 0 Å². The molecule has 0 radical (unpaired) electrons. The summed E-state index contributed by atoms with van der Waals surface area (Å²) in [7, 11) is 2.14. The van der Waals surface area contributed by atoms with Gasteiger partial charge < -0.3 is 20.6 Å². The van der Waals surface area contributed by atoms with Crippen molar-refractivity contribution in [3.8, 4) is 0 Å². The Morgan fingerprint density at radius 3 is 2.45 bits per heavy atom. The fourth-order valence-electron chi connectivity index (χ4n) is 3.37. The Morgan fingerprint density at radius 2 is 1.82 bits per heavy atom. The van der Waals surface area contributed by atoms with E-state index < -0.39 is 5.60 Å². The molecule has 1 aliphatic carbocycles. The Morgan fingerprint density at radius 1 is 1.18 bits per heavy atom. The van der Waals surface area contributed by atoms with Crippen LogP contribution in [0.5, 0.6) is 0 Å². The number of aliphatic hydroxyl groups is 1. The number of likely N-dealkylation sites (N-methyl/N-ethyl adjacent to an activating group) is 1. The van der Waals surface area contributed by atoms with Crippen LogP contribution in [0.1, 0.15) is 39.0 Å². The van der Waals surface area contributed by atoms with E-state index in [4.69, 9.17) is 0 Å². The van der Waals surface area contributed by atoms with Gasteiger partial charge in [-0.3, -0.25) is 4.90 Å². The SMILES string of the molecule is CC(CN1CCN(C)CC1)NC(=O)NCC1(O)CCCCC1. The third-order valence-electron chi connectivity index (χ3n) is 4.87. The summed E-state index contributed by atoms with van der Waals surface area (Å²) in [4.78, 5) is 16.7. The minimum Gasteiger partial charge on any atom is -0.388 e. The molecule has 1 aliphatic heterocycles. The first-order chi connectivity index (χ1) is 10.5. The molecule has 2 fully saturated rings. The summed E-state index contributed by atoms with van der Waals surface area (Å²) in [6.07, 6.45) is 4.89. The molecule has 3 N–H and O–H groups in total. The quantitative estimate of drug-likeness (QED) is 0.696. The van der Waals surface area contributed by atoms with Gasteiger partial charge >= 0.3 is 6.03 Å². The maximum atomic E-state index is 12.0. The van der Waals surface area contributed by atoms with Gasteiger partial charge in [-0.25, -0.2) is 4.79 Å². The van der Waals surface area contributed by atoms with Crippen LogP contribution in [0.4, 0.5) is 4.79 Å². The zero-order valence-electron chi connectivity index (χ0n) is 14.1. The number of hydrogen-bond acceptors (Lipinski definition) is 4. The van der Waals surface area contributed by atoms with Gasteiger partial charge in [0.25, 0.3) is 0 Å². The van der Waals surface area contributed by atoms with E-state index >= 15 is 0 Å². The molecule has 1 heterocycles. The number of rotatable bonds is 5. The van der Waals surface area contributed by atoms with Gasteiger partial charge in [0.2, 0.25) is 0 Å². The van der Waals surface area contributed by atoms with Gasteiger partial charge in [-0.15, -0.1) is 0 Å². The number of hydrogen-bond donors (Lipinski definition) is 3. The fraction of sp³-hybridized carbons (Fsp3) is 0.938. The maximum absolute atomic E-state index is 12.0. The van der Waals surface area contributed by atoms with E-state index in [2.05, 4.69) is 27.5 Å². The third-order valence-corrected chi connectivity index (χ3v) is 4.87. The average Bonchev–Trinajstić information content (AvgIpc) is 2.48. The Labute approximate surface area is 134 Å². The summed E-state index contributed by atoms with van der Waals surface area (Å²) in [5.41, 5.74) is -0.698. The zero-order valence-corrected chi connectivity index (χ0v) is 14.1. The van der Waals surface area contributed by atoms with Gasteiger partial charge in [0.05, 0.1) is 5.60 Å². The van der Waals surface area contributed by atoms with Crippen LogP contribution in [0.25, 0.3) is 0 Å². The molecule has 2 amide bonds. The number of piperazine rings is 1. The maximum Gasteiger partial charge on any atom is 0.315 e. The van der Waals surface area contributed by atoms with E-state index in [0.717, 1.165) is 58.4 Å². The lowest BCUT2D eigenvalue weighted by Gasteiger charge is -2.34. The summed E-state index contributed by atoms with van der Waals surface area (Å²) < 4.78 is 0. The second-order valence-electron chi connectivity index (χ2n) is 7.12. The van der Waals surface area contributed by atoms with Crippen LogP contribution in [-0.4, -0.2) is 78.9 Å². The summed E-state index contributed by atoms with van der Waals surface area (Å²) in [5, 5.41) is 16.2. The van der Waals surface area contributed by atoms with Crippen LogP contribution < -0.4 is 10.6 Å². The molecule has 1 atom stereocenters. The molecule has 0 aromatic heterocycles. The molecule has 6 nitrogen and oxygen atoms in total.